The van der Waals surface area contributed by atoms with Crippen LogP contribution in [0.25, 0.3) is 0 Å². The van der Waals surface area contributed by atoms with Crippen LogP contribution in [-0.4, -0.2) is 84.5 Å². The number of rotatable bonds is 3. The molecule has 2 N–H and O–H groups in total. The first-order chi connectivity index (χ1) is 15.9. The van der Waals surface area contributed by atoms with Crippen LogP contribution in [0.1, 0.15) is 18.4 Å². The first-order valence-corrected chi connectivity index (χ1v) is 12.2. The molecule has 5 rings (SSSR count). The van der Waals surface area contributed by atoms with E-state index in [2.05, 4.69) is 49.4 Å². The van der Waals surface area contributed by atoms with Gasteiger partial charge in [-0.3, -0.25) is 0 Å². The highest BCUT2D eigenvalue weighted by molar-refractivity contribution is 6.42. The number of nitrogens with one attached hydrogen (secondary N) is 2. The summed E-state index contributed by atoms with van der Waals surface area (Å²) in [5.41, 5.74) is 2.51. The zero-order chi connectivity index (χ0) is 23.0. The molecule has 3 aliphatic heterocycles. The SMILES string of the molecule is CN1CCN(c2ncc(CNC3=Nc4cc(Cl)c(Cl)cc4NC34CCN(C)CC4)cn2)CC1. The minimum atomic E-state index is -0.253. The van der Waals surface area contributed by atoms with Gasteiger partial charge in [0.25, 0.3) is 0 Å². The number of piperazine rings is 1. The molecule has 2 fully saturated rings. The van der Waals surface area contributed by atoms with Crippen molar-refractivity contribution in [3.05, 3.63) is 40.1 Å². The van der Waals surface area contributed by atoms with Gasteiger partial charge in [-0.1, -0.05) is 23.2 Å². The number of fused-ring (bicyclic) bond motifs is 1. The highest BCUT2D eigenvalue weighted by Gasteiger charge is 2.41. The van der Waals surface area contributed by atoms with Gasteiger partial charge in [-0.15, -0.1) is 0 Å². The molecule has 0 bridgehead atoms. The number of nitrogens with zero attached hydrogens (tertiary/aromatic N) is 6. The number of anilines is 2. The molecule has 2 aromatic rings. The van der Waals surface area contributed by atoms with E-state index in [9.17, 15) is 0 Å². The summed E-state index contributed by atoms with van der Waals surface area (Å²) in [5, 5.41) is 8.37. The number of piperidine rings is 1. The predicted molar refractivity (Wildman–Crippen MR) is 135 cm³/mol. The van der Waals surface area contributed by atoms with Crippen molar-refractivity contribution >= 4 is 46.4 Å². The molecule has 2 saturated heterocycles. The molecule has 4 heterocycles. The van der Waals surface area contributed by atoms with Gasteiger partial charge in [0.15, 0.2) is 0 Å². The van der Waals surface area contributed by atoms with E-state index in [-0.39, 0.29) is 5.54 Å². The molecule has 176 valence electrons. The van der Waals surface area contributed by atoms with Crippen molar-refractivity contribution in [3.8, 4) is 0 Å². The minimum Gasteiger partial charge on any atom is -0.371 e. The lowest BCUT2D eigenvalue weighted by molar-refractivity contribution is 0.238. The predicted octanol–water partition coefficient (Wildman–Crippen LogP) is 3.24. The summed E-state index contributed by atoms with van der Waals surface area (Å²) >= 11 is 12.6. The van der Waals surface area contributed by atoms with Crippen LogP contribution in [-0.2, 0) is 6.54 Å². The van der Waals surface area contributed by atoms with Gasteiger partial charge < -0.3 is 25.3 Å². The van der Waals surface area contributed by atoms with E-state index in [1.54, 1.807) is 0 Å². The summed E-state index contributed by atoms with van der Waals surface area (Å²) in [7, 11) is 4.30. The number of hydrogen-bond donors (Lipinski definition) is 2. The molecule has 10 heteroatoms. The summed E-state index contributed by atoms with van der Waals surface area (Å²) in [6.07, 6.45) is 5.73. The molecule has 0 radical (unpaired) electrons. The lowest BCUT2D eigenvalue weighted by Gasteiger charge is -2.45. The van der Waals surface area contributed by atoms with Crippen LogP contribution >= 0.6 is 23.2 Å². The average molecular weight is 489 g/mol. The van der Waals surface area contributed by atoms with Crippen LogP contribution in [0.3, 0.4) is 0 Å². The van der Waals surface area contributed by atoms with E-state index in [0.29, 0.717) is 16.6 Å². The fourth-order valence-electron chi connectivity index (χ4n) is 4.64. The average Bonchev–Trinajstić information content (AvgIpc) is 2.82. The normalized spacial score (nSPS) is 20.8. The van der Waals surface area contributed by atoms with Crippen molar-refractivity contribution in [1.29, 1.82) is 0 Å². The first kappa shape index (κ1) is 22.7. The van der Waals surface area contributed by atoms with E-state index in [0.717, 1.165) is 80.8 Å². The van der Waals surface area contributed by atoms with E-state index in [1.165, 1.54) is 0 Å². The van der Waals surface area contributed by atoms with Crippen LogP contribution < -0.4 is 15.5 Å². The molecule has 0 aliphatic carbocycles. The van der Waals surface area contributed by atoms with Crippen LogP contribution in [0.5, 0.6) is 0 Å². The highest BCUT2D eigenvalue weighted by atomic mass is 35.5. The van der Waals surface area contributed by atoms with E-state index in [4.69, 9.17) is 28.2 Å². The summed E-state index contributed by atoms with van der Waals surface area (Å²) < 4.78 is 0. The van der Waals surface area contributed by atoms with Crippen molar-refractivity contribution < 1.29 is 0 Å². The van der Waals surface area contributed by atoms with Gasteiger partial charge in [-0.05, 0) is 39.1 Å². The van der Waals surface area contributed by atoms with Crippen molar-refractivity contribution in [2.24, 2.45) is 4.99 Å². The Hall–Kier alpha value is -2.13. The third-order valence-electron chi connectivity index (χ3n) is 6.88. The third kappa shape index (κ3) is 4.75. The van der Waals surface area contributed by atoms with Gasteiger partial charge in [-0.25, -0.2) is 15.0 Å². The molecule has 0 amide bonds. The smallest absolute Gasteiger partial charge is 0.225 e. The van der Waals surface area contributed by atoms with Gasteiger partial charge in [-0.2, -0.15) is 0 Å². The standard InChI is InChI=1S/C23H30Cl2N8/c1-31-5-3-23(4-6-31)21(29-19-11-17(24)18(25)12-20(19)30-23)26-13-16-14-27-22(28-15-16)33-9-7-32(2)8-10-33/h11-12,14-15,30H,3-10,13H2,1-2H3,(H,26,29). The highest BCUT2D eigenvalue weighted by Crippen LogP contribution is 2.41. The van der Waals surface area contributed by atoms with Crippen LogP contribution in [0.2, 0.25) is 10.0 Å². The number of benzene rings is 1. The maximum absolute atomic E-state index is 6.29. The number of aliphatic imine (C=N–C) groups is 1. The van der Waals surface area contributed by atoms with Gasteiger partial charge in [0.1, 0.15) is 5.84 Å². The van der Waals surface area contributed by atoms with Gasteiger partial charge in [0, 0.05) is 63.8 Å². The van der Waals surface area contributed by atoms with Gasteiger partial charge in [0.2, 0.25) is 5.95 Å². The quantitative estimate of drug-likeness (QED) is 0.686. The van der Waals surface area contributed by atoms with Crippen LogP contribution in [0.15, 0.2) is 29.5 Å². The number of likely N-dealkylation sites (N-methyl/N-ethyl adjacent to an activating group) is 1. The summed E-state index contributed by atoms with van der Waals surface area (Å²) in [5.74, 6) is 1.74. The lowest BCUT2D eigenvalue weighted by atomic mass is 9.84. The molecule has 0 saturated carbocycles. The van der Waals surface area contributed by atoms with E-state index in [1.807, 2.05) is 24.5 Å². The molecule has 1 spiro atoms. The molecule has 1 aromatic carbocycles. The Bertz CT molecular complexity index is 1030. The molecular weight excluding hydrogens is 459 g/mol. The number of amidine groups is 1. The number of halogens is 2. The van der Waals surface area contributed by atoms with Gasteiger partial charge in [0.05, 0.1) is 27.0 Å². The molecule has 0 unspecified atom stereocenters. The first-order valence-electron chi connectivity index (χ1n) is 11.5. The molecular formula is C23H30Cl2N8. The van der Waals surface area contributed by atoms with Crippen molar-refractivity contribution in [2.75, 3.05) is 63.6 Å². The summed E-state index contributed by atoms with van der Waals surface area (Å²) in [6.45, 7) is 6.58. The second kappa shape index (κ2) is 9.25. The monoisotopic (exact) mass is 488 g/mol. The number of aromatic nitrogens is 2. The number of hydrogen-bond acceptors (Lipinski definition) is 8. The Morgan fingerprint density at radius 2 is 1.58 bits per heavy atom. The second-order valence-corrected chi connectivity index (χ2v) is 10.1. The zero-order valence-electron chi connectivity index (χ0n) is 19.1. The maximum atomic E-state index is 6.29. The topological polar surface area (TPSA) is 71.9 Å². The lowest BCUT2D eigenvalue weighted by Crippen LogP contribution is -2.58. The van der Waals surface area contributed by atoms with Crippen molar-refractivity contribution in [2.45, 2.75) is 24.9 Å². The largest absolute Gasteiger partial charge is 0.371 e. The molecule has 3 aliphatic rings. The van der Waals surface area contributed by atoms with Crippen LogP contribution in [0.4, 0.5) is 17.3 Å². The molecule has 33 heavy (non-hydrogen) atoms. The Kier molecular flexibility index (Phi) is 6.35. The van der Waals surface area contributed by atoms with Crippen molar-refractivity contribution in [3.63, 3.8) is 0 Å². The molecule has 8 nitrogen and oxygen atoms in total. The van der Waals surface area contributed by atoms with E-state index < -0.39 is 0 Å². The Morgan fingerprint density at radius 1 is 0.939 bits per heavy atom. The summed E-state index contributed by atoms with van der Waals surface area (Å²) in [6, 6.07) is 3.70. The second-order valence-electron chi connectivity index (χ2n) is 9.29. The fraction of sp³-hybridized carbons (Fsp3) is 0.522. The maximum Gasteiger partial charge on any atom is 0.225 e. The number of likely N-dealkylation sites (tertiary alicyclic amines) is 1. The fourth-order valence-corrected chi connectivity index (χ4v) is 4.96. The third-order valence-corrected chi connectivity index (χ3v) is 7.60. The minimum absolute atomic E-state index is 0.253. The van der Waals surface area contributed by atoms with Crippen molar-refractivity contribution in [1.82, 2.24) is 25.1 Å². The zero-order valence-corrected chi connectivity index (χ0v) is 20.6. The Labute approximate surface area is 205 Å². The van der Waals surface area contributed by atoms with Crippen LogP contribution in [0, 0.1) is 0 Å². The summed E-state index contributed by atoms with van der Waals surface area (Å²) in [4.78, 5) is 21.2. The van der Waals surface area contributed by atoms with E-state index >= 15 is 0 Å². The Morgan fingerprint density at radius 3 is 2.27 bits per heavy atom. The molecule has 0 atom stereocenters. The van der Waals surface area contributed by atoms with Gasteiger partial charge >= 0.3 is 0 Å². The Balaban J connectivity index is 1.34. The molecule has 1 aromatic heterocycles.